The lowest BCUT2D eigenvalue weighted by Gasteiger charge is -2.17. The number of aromatic nitrogens is 4. The van der Waals surface area contributed by atoms with Crippen LogP contribution in [-0.4, -0.2) is 46.4 Å². The van der Waals surface area contributed by atoms with Gasteiger partial charge in [0, 0.05) is 18.3 Å². The van der Waals surface area contributed by atoms with Gasteiger partial charge in [0.2, 0.25) is 0 Å². The lowest BCUT2D eigenvalue weighted by Crippen LogP contribution is -2.29. The predicted molar refractivity (Wildman–Crippen MR) is 159 cm³/mol. The van der Waals surface area contributed by atoms with Crippen molar-refractivity contribution in [1.82, 2.24) is 25.1 Å². The Morgan fingerprint density at radius 3 is 2.42 bits per heavy atom. The number of fused-ring (bicyclic) bond motifs is 1. The summed E-state index contributed by atoms with van der Waals surface area (Å²) in [7, 11) is -2.49. The summed E-state index contributed by atoms with van der Waals surface area (Å²) < 4.78 is 23.3. The Bertz CT molecular complexity index is 1710. The van der Waals surface area contributed by atoms with E-state index in [-0.39, 0.29) is 40.4 Å². The predicted octanol–water partition coefficient (Wildman–Crippen LogP) is 5.52. The van der Waals surface area contributed by atoms with Crippen molar-refractivity contribution >= 4 is 50.8 Å². The zero-order chi connectivity index (χ0) is 28.4. The third-order valence-corrected chi connectivity index (χ3v) is 8.02. The second-order valence-electron chi connectivity index (χ2n) is 9.61. The molecule has 0 radical (unpaired) electrons. The number of carbonyl (C=O) groups is 1. The lowest BCUT2D eigenvalue weighted by atomic mass is 9.98. The molecule has 1 atom stereocenters. The Hall–Kier alpha value is -3.66. The fraction of sp³-hybridized carbons (Fsp3) is 0.207. The van der Waals surface area contributed by atoms with Crippen LogP contribution in [0.1, 0.15) is 38.8 Å². The van der Waals surface area contributed by atoms with Crippen molar-refractivity contribution in [3.8, 4) is 11.1 Å². The van der Waals surface area contributed by atoms with E-state index in [1.54, 1.807) is 24.5 Å². The van der Waals surface area contributed by atoms with Gasteiger partial charge in [-0.05, 0) is 60.4 Å². The molecule has 2 aromatic heterocycles. The first-order valence-corrected chi connectivity index (χ1v) is 14.7. The van der Waals surface area contributed by atoms with Crippen LogP contribution in [0.4, 0.5) is 0 Å². The van der Waals surface area contributed by atoms with Crippen LogP contribution in [0, 0.1) is 13.8 Å². The molecule has 40 heavy (non-hydrogen) atoms. The fourth-order valence-electron chi connectivity index (χ4n) is 4.57. The highest BCUT2D eigenvalue weighted by atomic mass is 35.5. The minimum Gasteiger partial charge on any atom is -0.351 e. The number of hydrogen-bond acceptors (Lipinski definition) is 5. The molecule has 3 aromatic carbocycles. The molecule has 0 spiro atoms. The molecule has 0 fully saturated rings. The molecule has 0 aliphatic rings. The van der Waals surface area contributed by atoms with Gasteiger partial charge in [-0.25, -0.2) is 13.4 Å². The third kappa shape index (κ3) is 6.06. The highest BCUT2D eigenvalue weighted by Crippen LogP contribution is 2.32. The van der Waals surface area contributed by atoms with Crippen LogP contribution >= 0.6 is 23.2 Å². The number of carbonyl (C=O) groups excluding carboxylic acids is 1. The number of nitrogens with zero attached hydrogens (tertiary/aromatic N) is 3. The van der Waals surface area contributed by atoms with Gasteiger partial charge in [-0.1, -0.05) is 53.5 Å². The van der Waals surface area contributed by atoms with Crippen LogP contribution < -0.4 is 5.32 Å². The number of rotatable bonds is 9. The third-order valence-electron chi connectivity index (χ3n) is 6.86. The van der Waals surface area contributed by atoms with Gasteiger partial charge < -0.3 is 10.3 Å². The van der Waals surface area contributed by atoms with Gasteiger partial charge in [0.15, 0.2) is 0 Å². The molecule has 2 N–H and O–H groups in total. The van der Waals surface area contributed by atoms with Crippen LogP contribution in [0.25, 0.3) is 22.2 Å². The van der Waals surface area contributed by atoms with E-state index in [9.17, 15) is 13.2 Å². The maximum absolute atomic E-state index is 13.3. The van der Waals surface area contributed by atoms with E-state index in [4.69, 9.17) is 28.2 Å². The Balaban J connectivity index is 1.38. The molecule has 1 amide bonds. The number of thiol groups is 1. The van der Waals surface area contributed by atoms with Crippen molar-refractivity contribution in [2.75, 3.05) is 12.3 Å². The second-order valence-corrected chi connectivity index (χ2v) is 11.5. The molecular formula is C29H27Cl2N5O3S. The fourth-order valence-corrected chi connectivity index (χ4v) is 5.60. The number of aryl methyl sites for hydroxylation is 3. The van der Waals surface area contributed by atoms with E-state index in [1.165, 1.54) is 10.2 Å². The van der Waals surface area contributed by atoms with Gasteiger partial charge >= 0.3 is 0 Å². The number of hydrogen-bond donors (Lipinski definition) is 3. The molecule has 206 valence electrons. The van der Waals surface area contributed by atoms with Crippen LogP contribution in [0.15, 0.2) is 67.0 Å². The highest BCUT2D eigenvalue weighted by molar-refractivity contribution is 7.72. The van der Waals surface area contributed by atoms with Crippen LogP contribution in [0.5, 0.6) is 0 Å². The average molecular weight is 597 g/mol. The highest BCUT2D eigenvalue weighted by Gasteiger charge is 2.22. The van der Waals surface area contributed by atoms with Crippen LogP contribution in [-0.2, 0) is 17.2 Å². The summed E-state index contributed by atoms with van der Waals surface area (Å²) in [6.07, 6.45) is 3.31. The maximum Gasteiger partial charge on any atom is 0.254 e. The smallest absolute Gasteiger partial charge is 0.254 e. The summed E-state index contributed by atoms with van der Waals surface area (Å²) in [5.41, 5.74) is 6.69. The van der Waals surface area contributed by atoms with Crippen molar-refractivity contribution < 1.29 is 13.2 Å². The lowest BCUT2D eigenvalue weighted by molar-refractivity contribution is 0.0952. The Kier molecular flexibility index (Phi) is 8.25. The van der Waals surface area contributed by atoms with Gasteiger partial charge in [-0.15, -0.1) is 0 Å². The topological polar surface area (TPSA) is 110 Å². The van der Waals surface area contributed by atoms with Gasteiger partial charge in [-0.3, -0.25) is 9.48 Å². The number of benzene rings is 3. The van der Waals surface area contributed by atoms with Crippen molar-refractivity contribution in [3.63, 3.8) is 0 Å². The van der Waals surface area contributed by atoms with E-state index in [0.717, 1.165) is 28.0 Å². The molecule has 0 saturated carbocycles. The molecule has 0 aliphatic carbocycles. The van der Waals surface area contributed by atoms with Crippen LogP contribution in [0.3, 0.4) is 0 Å². The van der Waals surface area contributed by atoms with Crippen LogP contribution in [0.2, 0.25) is 10.0 Å². The molecule has 0 bridgehead atoms. The van der Waals surface area contributed by atoms with E-state index < -0.39 is 16.6 Å². The Morgan fingerprint density at radius 2 is 1.73 bits per heavy atom. The van der Waals surface area contributed by atoms with E-state index in [1.807, 2.05) is 30.3 Å². The first-order valence-electron chi connectivity index (χ1n) is 12.6. The monoisotopic (exact) mass is 595 g/mol. The Morgan fingerprint density at radius 1 is 1.02 bits per heavy atom. The first-order chi connectivity index (χ1) is 19.2. The zero-order valence-corrected chi connectivity index (χ0v) is 24.2. The average Bonchev–Trinajstić information content (AvgIpc) is 3.55. The molecule has 2 heterocycles. The van der Waals surface area contributed by atoms with E-state index in [2.05, 4.69) is 41.4 Å². The SMILES string of the molecule is Cc1cc2nc(C(CNC(=O)c3c(Cl)cc(-c4cnn(CC[SH](=O)=O)c4)cc3Cl)c3ccccc3)[nH]c2cc1C. The quantitative estimate of drug-likeness (QED) is 0.194. The summed E-state index contributed by atoms with van der Waals surface area (Å²) in [5.74, 6) is 0.108. The zero-order valence-electron chi connectivity index (χ0n) is 21.8. The molecule has 5 rings (SSSR count). The molecule has 1 unspecified atom stereocenters. The minimum absolute atomic E-state index is 0.00559. The van der Waals surface area contributed by atoms with Crippen molar-refractivity contribution in [2.45, 2.75) is 26.3 Å². The van der Waals surface area contributed by atoms with Crippen molar-refractivity contribution in [3.05, 3.63) is 105 Å². The van der Waals surface area contributed by atoms with E-state index >= 15 is 0 Å². The Labute approximate surface area is 243 Å². The van der Waals surface area contributed by atoms with Crippen molar-refractivity contribution in [2.24, 2.45) is 0 Å². The molecule has 11 heteroatoms. The number of halogens is 2. The number of aromatic amines is 1. The van der Waals surface area contributed by atoms with Gasteiger partial charge in [-0.2, -0.15) is 5.10 Å². The second kappa shape index (κ2) is 11.8. The molecule has 8 nitrogen and oxygen atoms in total. The van der Waals surface area contributed by atoms with Crippen molar-refractivity contribution in [1.29, 1.82) is 0 Å². The molecule has 0 saturated heterocycles. The first kappa shape index (κ1) is 27.9. The number of amides is 1. The molecule has 0 aliphatic heterocycles. The van der Waals surface area contributed by atoms with Gasteiger partial charge in [0.25, 0.3) is 5.91 Å². The largest absolute Gasteiger partial charge is 0.351 e. The molecule has 5 aromatic rings. The normalized spacial score (nSPS) is 12.2. The summed E-state index contributed by atoms with van der Waals surface area (Å²) in [6, 6.07) is 17.3. The summed E-state index contributed by atoms with van der Waals surface area (Å²) in [6.45, 7) is 4.63. The summed E-state index contributed by atoms with van der Waals surface area (Å²) in [5, 5.41) is 7.57. The van der Waals surface area contributed by atoms with E-state index in [0.29, 0.717) is 11.1 Å². The number of nitrogens with one attached hydrogen (secondary N) is 2. The summed E-state index contributed by atoms with van der Waals surface area (Å²) in [4.78, 5) is 21.6. The summed E-state index contributed by atoms with van der Waals surface area (Å²) >= 11 is 13.1. The van der Waals surface area contributed by atoms with Gasteiger partial charge in [0.1, 0.15) is 16.5 Å². The maximum atomic E-state index is 13.3. The van der Waals surface area contributed by atoms with Gasteiger partial charge in [0.05, 0.1) is 51.1 Å². The number of H-pyrrole nitrogens is 1. The molecular weight excluding hydrogens is 569 g/mol. The minimum atomic E-state index is -2.49. The number of imidazole rings is 1. The standard InChI is InChI=1S/C29H27Cl2N5O3S/c1-17-10-25-26(11-18(17)2)35-28(34-25)22(19-6-4-3-5-7-19)15-32-29(37)27-23(30)12-20(13-24(27)31)21-14-33-36(16-21)8-9-40(38)39/h3-7,10-14,16,22,40H,8-9,15H2,1-2H3,(H,32,37)(H,34,35).